The number of aryl methyl sites for hydroxylation is 1. The SMILES string of the molecule is COc1cc(C)ccc1CNC=O.N#CC1CN(S(=O)(=O)N2CCC[C@H](C(=O)N3CCCC3)C2)C1.[HH]. The summed E-state index contributed by atoms with van der Waals surface area (Å²) in [5.41, 5.74) is 2.13. The highest BCUT2D eigenvalue weighted by Gasteiger charge is 2.42. The second-order valence-electron chi connectivity index (χ2n) is 9.19. The van der Waals surface area contributed by atoms with Crippen LogP contribution in [0, 0.1) is 30.1 Å². The van der Waals surface area contributed by atoms with Gasteiger partial charge in [-0.05, 0) is 44.2 Å². The Bertz CT molecular complexity index is 1040. The number of nitriles is 1. The number of amides is 2. The monoisotopic (exact) mass is 507 g/mol. The molecule has 194 valence electrons. The van der Waals surface area contributed by atoms with E-state index in [-0.39, 0.29) is 38.8 Å². The molecule has 0 spiro atoms. The summed E-state index contributed by atoms with van der Waals surface area (Å²) in [6.45, 7) is 5.42. The molecular formula is C24H37N5O5S. The van der Waals surface area contributed by atoms with E-state index in [9.17, 15) is 18.0 Å². The highest BCUT2D eigenvalue weighted by molar-refractivity contribution is 7.86. The Morgan fingerprint density at radius 1 is 1.20 bits per heavy atom. The first-order chi connectivity index (χ1) is 16.8. The van der Waals surface area contributed by atoms with Crippen LogP contribution in [0.2, 0.25) is 0 Å². The van der Waals surface area contributed by atoms with Gasteiger partial charge in [0.2, 0.25) is 12.3 Å². The molecule has 3 aliphatic heterocycles. The summed E-state index contributed by atoms with van der Waals surface area (Å²) in [5, 5.41) is 11.4. The van der Waals surface area contributed by atoms with E-state index < -0.39 is 10.2 Å². The van der Waals surface area contributed by atoms with E-state index in [4.69, 9.17) is 10.00 Å². The van der Waals surface area contributed by atoms with Gasteiger partial charge in [-0.2, -0.15) is 22.3 Å². The number of piperidine rings is 1. The summed E-state index contributed by atoms with van der Waals surface area (Å²) >= 11 is 0. The summed E-state index contributed by atoms with van der Waals surface area (Å²) in [7, 11) is -1.89. The minimum Gasteiger partial charge on any atom is -0.496 e. The predicted octanol–water partition coefficient (Wildman–Crippen LogP) is 1.52. The van der Waals surface area contributed by atoms with Crippen LogP contribution in [0.25, 0.3) is 0 Å². The quantitative estimate of drug-likeness (QED) is 0.558. The first-order valence-electron chi connectivity index (χ1n) is 12.0. The van der Waals surface area contributed by atoms with E-state index in [1.807, 2.05) is 30.0 Å². The molecule has 1 aromatic carbocycles. The molecule has 3 aliphatic rings. The Hall–Kier alpha value is -2.68. The van der Waals surface area contributed by atoms with Crippen molar-refractivity contribution < 1.29 is 24.2 Å². The average Bonchev–Trinajstić information content (AvgIpc) is 3.37. The minimum atomic E-state index is -3.51. The fourth-order valence-corrected chi connectivity index (χ4v) is 6.36. The minimum absolute atomic E-state index is 0. The second-order valence-corrected chi connectivity index (χ2v) is 11.1. The van der Waals surface area contributed by atoms with Crippen LogP contribution in [-0.2, 0) is 26.3 Å². The van der Waals surface area contributed by atoms with E-state index in [1.165, 1.54) is 8.61 Å². The van der Waals surface area contributed by atoms with Crippen LogP contribution in [0.5, 0.6) is 5.75 Å². The maximum Gasteiger partial charge on any atom is 0.282 e. The molecule has 10 nitrogen and oxygen atoms in total. The Balaban J connectivity index is 0.000000281. The van der Waals surface area contributed by atoms with Gasteiger partial charge in [0.15, 0.2) is 0 Å². The zero-order chi connectivity index (χ0) is 25.4. The lowest BCUT2D eigenvalue weighted by molar-refractivity contribution is -0.135. The van der Waals surface area contributed by atoms with Crippen LogP contribution in [0.3, 0.4) is 0 Å². The van der Waals surface area contributed by atoms with Crippen molar-refractivity contribution in [3.8, 4) is 11.8 Å². The molecule has 0 unspecified atom stereocenters. The van der Waals surface area contributed by atoms with Crippen LogP contribution in [0.1, 0.15) is 38.2 Å². The third kappa shape index (κ3) is 6.72. The van der Waals surface area contributed by atoms with E-state index >= 15 is 0 Å². The van der Waals surface area contributed by atoms with Gasteiger partial charge in [0.25, 0.3) is 10.2 Å². The number of rotatable bonds is 7. The number of hydrogen-bond donors (Lipinski definition) is 1. The highest BCUT2D eigenvalue weighted by atomic mass is 32.2. The highest BCUT2D eigenvalue weighted by Crippen LogP contribution is 2.27. The van der Waals surface area contributed by atoms with Gasteiger partial charge in [0.1, 0.15) is 5.75 Å². The molecule has 2 amide bonds. The predicted molar refractivity (Wildman–Crippen MR) is 132 cm³/mol. The number of nitrogens with one attached hydrogen (secondary N) is 1. The van der Waals surface area contributed by atoms with Crippen molar-refractivity contribution in [2.24, 2.45) is 11.8 Å². The molecule has 0 radical (unpaired) electrons. The summed E-state index contributed by atoms with van der Waals surface area (Å²) in [6.07, 6.45) is 4.26. The molecule has 4 rings (SSSR count). The van der Waals surface area contributed by atoms with Gasteiger partial charge in [-0.15, -0.1) is 0 Å². The van der Waals surface area contributed by atoms with Gasteiger partial charge in [0, 0.05) is 52.8 Å². The summed E-state index contributed by atoms with van der Waals surface area (Å²) in [6, 6.07) is 7.97. The fraction of sp³-hybridized carbons (Fsp3) is 0.625. The number of methoxy groups -OCH3 is 1. The first-order valence-corrected chi connectivity index (χ1v) is 13.4. The third-order valence-corrected chi connectivity index (χ3v) is 8.59. The van der Waals surface area contributed by atoms with Crippen molar-refractivity contribution in [2.75, 3.05) is 46.4 Å². The lowest BCUT2D eigenvalue weighted by Gasteiger charge is -2.40. The summed E-state index contributed by atoms with van der Waals surface area (Å²) in [4.78, 5) is 24.4. The second kappa shape index (κ2) is 12.3. The summed E-state index contributed by atoms with van der Waals surface area (Å²) in [5.74, 6) is 0.515. The number of carbonyl (C=O) groups excluding carboxylic acids is 2. The maximum absolute atomic E-state index is 12.5. The lowest BCUT2D eigenvalue weighted by atomic mass is 9.98. The Labute approximate surface area is 209 Å². The first kappa shape index (κ1) is 26.9. The number of ether oxygens (including phenoxy) is 1. The van der Waals surface area contributed by atoms with Crippen molar-refractivity contribution >= 4 is 22.5 Å². The molecule has 1 atom stereocenters. The molecule has 0 aliphatic carbocycles. The van der Waals surface area contributed by atoms with Crippen molar-refractivity contribution in [1.82, 2.24) is 18.8 Å². The van der Waals surface area contributed by atoms with Crippen molar-refractivity contribution in [3.05, 3.63) is 29.3 Å². The van der Waals surface area contributed by atoms with E-state index in [2.05, 4.69) is 11.4 Å². The average molecular weight is 508 g/mol. The van der Waals surface area contributed by atoms with Crippen LogP contribution in [-0.4, -0.2) is 80.6 Å². The van der Waals surface area contributed by atoms with Gasteiger partial charge in [-0.25, -0.2) is 0 Å². The van der Waals surface area contributed by atoms with Gasteiger partial charge >= 0.3 is 0 Å². The molecule has 3 saturated heterocycles. The normalized spacial score (nSPS) is 21.3. The fourth-order valence-electron chi connectivity index (χ4n) is 4.57. The Kier molecular flexibility index (Phi) is 9.48. The molecule has 0 bridgehead atoms. The lowest BCUT2D eigenvalue weighted by Crippen LogP contribution is -2.57. The van der Waals surface area contributed by atoms with Gasteiger partial charge in [-0.3, -0.25) is 9.59 Å². The topological polar surface area (TPSA) is 123 Å². The number of benzene rings is 1. The smallest absolute Gasteiger partial charge is 0.282 e. The molecule has 1 N–H and O–H groups in total. The van der Waals surface area contributed by atoms with Crippen molar-refractivity contribution in [1.29, 1.82) is 5.26 Å². The number of nitrogens with zero attached hydrogens (tertiary/aromatic N) is 4. The van der Waals surface area contributed by atoms with E-state index in [0.717, 1.165) is 55.6 Å². The van der Waals surface area contributed by atoms with E-state index in [0.29, 0.717) is 19.5 Å². The van der Waals surface area contributed by atoms with Gasteiger partial charge < -0.3 is 15.0 Å². The van der Waals surface area contributed by atoms with Gasteiger partial charge in [0.05, 0.1) is 25.0 Å². The summed E-state index contributed by atoms with van der Waals surface area (Å²) < 4.78 is 33.0. The van der Waals surface area contributed by atoms with Crippen LogP contribution >= 0.6 is 0 Å². The largest absolute Gasteiger partial charge is 0.496 e. The molecule has 0 saturated carbocycles. The number of carbonyl (C=O) groups is 2. The maximum atomic E-state index is 12.5. The van der Waals surface area contributed by atoms with Crippen molar-refractivity contribution in [3.63, 3.8) is 0 Å². The van der Waals surface area contributed by atoms with Crippen LogP contribution in [0.4, 0.5) is 0 Å². The molecule has 3 heterocycles. The molecule has 3 fully saturated rings. The Morgan fingerprint density at radius 3 is 2.54 bits per heavy atom. The molecule has 35 heavy (non-hydrogen) atoms. The zero-order valence-corrected chi connectivity index (χ0v) is 21.3. The molecular weight excluding hydrogens is 470 g/mol. The third-order valence-electron chi connectivity index (χ3n) is 6.65. The number of hydrogen-bond acceptors (Lipinski definition) is 6. The Morgan fingerprint density at radius 2 is 1.91 bits per heavy atom. The van der Waals surface area contributed by atoms with Crippen molar-refractivity contribution in [2.45, 2.75) is 39.2 Å². The van der Waals surface area contributed by atoms with Gasteiger partial charge in [-0.1, -0.05) is 12.1 Å². The zero-order valence-electron chi connectivity index (χ0n) is 20.5. The van der Waals surface area contributed by atoms with Crippen LogP contribution in [0.15, 0.2) is 18.2 Å². The number of likely N-dealkylation sites (tertiary alicyclic amines) is 1. The standard InChI is InChI=1S/C14H22N4O3S.C10H13NO2.H2/c15-8-12-9-18(10-12)22(20,21)17-7-3-4-13(11-17)14(19)16-5-1-2-6-16;1-8-3-4-9(6-11-7-12)10(5-8)13-2;/h12-13H,1-7,9-11H2;3-5,7H,6H2,1-2H3,(H,11,12);1H/t13-;;/m0../s1. The van der Waals surface area contributed by atoms with E-state index in [1.54, 1.807) is 7.11 Å². The molecule has 1 aromatic rings. The molecule has 0 aromatic heterocycles. The van der Waals surface area contributed by atoms with Crippen LogP contribution < -0.4 is 10.1 Å². The molecule has 11 heteroatoms.